The number of piperidine rings is 1. The molecule has 0 aliphatic carbocycles. The molecule has 1 unspecified atom stereocenters. The first kappa shape index (κ1) is 21.9. The lowest BCUT2D eigenvalue weighted by atomic mass is 9.99. The van der Waals surface area contributed by atoms with E-state index in [1.807, 2.05) is 18.2 Å². The van der Waals surface area contributed by atoms with E-state index in [1.165, 1.54) is 18.4 Å². The number of likely N-dealkylation sites (tertiary alicyclic amines) is 1. The van der Waals surface area contributed by atoms with E-state index in [4.69, 9.17) is 0 Å². The average molecular weight is 415 g/mol. The summed E-state index contributed by atoms with van der Waals surface area (Å²) in [4.78, 5) is 26.6. The first-order chi connectivity index (χ1) is 14.4. The van der Waals surface area contributed by atoms with Crippen LogP contribution in [-0.2, 0) is 17.9 Å². The summed E-state index contributed by atoms with van der Waals surface area (Å²) in [5, 5.41) is 5.18. The highest BCUT2D eigenvalue weighted by atomic mass is 19.1. The van der Waals surface area contributed by atoms with E-state index in [2.05, 4.69) is 28.5 Å². The lowest BCUT2D eigenvalue weighted by molar-refractivity contribution is -0.120. The van der Waals surface area contributed by atoms with Gasteiger partial charge in [0.25, 0.3) is 5.91 Å². The van der Waals surface area contributed by atoms with Crippen LogP contribution in [-0.4, -0.2) is 36.3 Å². The molecule has 1 aliphatic heterocycles. The van der Waals surface area contributed by atoms with Gasteiger partial charge in [-0.15, -0.1) is 0 Å². The van der Waals surface area contributed by atoms with Crippen LogP contribution in [0.25, 0.3) is 0 Å². The molecule has 1 saturated heterocycles. The van der Waals surface area contributed by atoms with E-state index in [9.17, 15) is 18.4 Å². The van der Waals surface area contributed by atoms with Gasteiger partial charge in [-0.2, -0.15) is 0 Å². The van der Waals surface area contributed by atoms with E-state index >= 15 is 0 Å². The van der Waals surface area contributed by atoms with Gasteiger partial charge in [-0.3, -0.25) is 14.5 Å². The number of hydrogen-bond donors (Lipinski definition) is 2. The second-order valence-electron chi connectivity index (χ2n) is 7.87. The van der Waals surface area contributed by atoms with Crippen LogP contribution >= 0.6 is 0 Å². The minimum absolute atomic E-state index is 0.165. The lowest BCUT2D eigenvalue weighted by Crippen LogP contribution is -2.37. The molecule has 2 N–H and O–H groups in total. The topological polar surface area (TPSA) is 61.4 Å². The van der Waals surface area contributed by atoms with E-state index in [-0.39, 0.29) is 18.0 Å². The highest BCUT2D eigenvalue weighted by Gasteiger charge is 2.17. The number of nitrogens with zero attached hydrogens (tertiary/aromatic N) is 1. The van der Waals surface area contributed by atoms with E-state index in [0.29, 0.717) is 18.5 Å². The quantitative estimate of drug-likeness (QED) is 0.730. The predicted octanol–water partition coefficient (Wildman–Crippen LogP) is 3.24. The Balaban J connectivity index is 1.50. The van der Waals surface area contributed by atoms with Crippen molar-refractivity contribution in [2.45, 2.75) is 32.9 Å². The Bertz CT molecular complexity index is 884. The number of carbonyl (C=O) groups is 2. The smallest absolute Gasteiger partial charge is 0.251 e. The van der Waals surface area contributed by atoms with Crippen molar-refractivity contribution in [2.75, 3.05) is 19.6 Å². The summed E-state index contributed by atoms with van der Waals surface area (Å²) in [6.07, 6.45) is 2.47. The Kier molecular flexibility index (Phi) is 7.52. The minimum Gasteiger partial charge on any atom is -0.350 e. The van der Waals surface area contributed by atoms with Crippen LogP contribution in [0.4, 0.5) is 8.78 Å². The minimum atomic E-state index is -0.843. The molecule has 0 aromatic heterocycles. The van der Waals surface area contributed by atoms with Gasteiger partial charge in [-0.1, -0.05) is 31.2 Å². The second-order valence-corrected chi connectivity index (χ2v) is 7.87. The summed E-state index contributed by atoms with van der Waals surface area (Å²) in [5.41, 5.74) is 2.04. The zero-order chi connectivity index (χ0) is 21.5. The number of halogens is 2. The van der Waals surface area contributed by atoms with Crippen molar-refractivity contribution in [1.82, 2.24) is 15.5 Å². The molecular weight excluding hydrogens is 388 g/mol. The Hall–Kier alpha value is -2.80. The first-order valence-corrected chi connectivity index (χ1v) is 10.2. The summed E-state index contributed by atoms with van der Waals surface area (Å²) < 4.78 is 26.4. The molecule has 2 aromatic carbocycles. The fourth-order valence-electron chi connectivity index (χ4n) is 3.76. The Labute approximate surface area is 175 Å². The molecule has 0 radical (unpaired) electrons. The highest BCUT2D eigenvalue weighted by molar-refractivity contribution is 5.96. The van der Waals surface area contributed by atoms with Gasteiger partial charge in [-0.05, 0) is 48.6 Å². The van der Waals surface area contributed by atoms with Gasteiger partial charge in [0.15, 0.2) is 0 Å². The second kappa shape index (κ2) is 10.3. The van der Waals surface area contributed by atoms with Gasteiger partial charge < -0.3 is 10.6 Å². The number of rotatable bonds is 7. The molecule has 160 valence electrons. The summed E-state index contributed by atoms with van der Waals surface area (Å²) in [5.74, 6) is -2.07. The van der Waals surface area contributed by atoms with Crippen molar-refractivity contribution in [3.63, 3.8) is 0 Å². The molecule has 1 aliphatic rings. The van der Waals surface area contributed by atoms with E-state index in [1.54, 1.807) is 0 Å². The number of hydrogen-bond acceptors (Lipinski definition) is 3. The third-order valence-corrected chi connectivity index (χ3v) is 5.26. The van der Waals surface area contributed by atoms with Gasteiger partial charge >= 0.3 is 0 Å². The molecular formula is C23H27F2N3O2. The van der Waals surface area contributed by atoms with Crippen LogP contribution in [0.1, 0.15) is 41.3 Å². The average Bonchev–Trinajstić information content (AvgIpc) is 2.70. The normalized spacial score (nSPS) is 16.8. The molecule has 2 aromatic rings. The molecule has 0 bridgehead atoms. The van der Waals surface area contributed by atoms with Gasteiger partial charge in [-0.25, -0.2) is 8.78 Å². The summed E-state index contributed by atoms with van der Waals surface area (Å²) in [7, 11) is 0. The van der Waals surface area contributed by atoms with Crippen molar-refractivity contribution in [3.05, 3.63) is 70.8 Å². The Morgan fingerprint density at radius 3 is 2.47 bits per heavy atom. The Morgan fingerprint density at radius 1 is 1.07 bits per heavy atom. The monoisotopic (exact) mass is 415 g/mol. The predicted molar refractivity (Wildman–Crippen MR) is 111 cm³/mol. The fraction of sp³-hybridized carbons (Fsp3) is 0.391. The van der Waals surface area contributed by atoms with Gasteiger partial charge in [0, 0.05) is 31.3 Å². The molecule has 1 atom stereocenters. The molecule has 5 nitrogen and oxygen atoms in total. The molecule has 30 heavy (non-hydrogen) atoms. The van der Waals surface area contributed by atoms with Crippen molar-refractivity contribution >= 4 is 11.8 Å². The highest BCUT2D eigenvalue weighted by Crippen LogP contribution is 2.19. The number of carbonyl (C=O) groups excluding carboxylic acids is 2. The largest absolute Gasteiger partial charge is 0.350 e. The zero-order valence-corrected chi connectivity index (χ0v) is 17.1. The number of benzene rings is 2. The number of amides is 2. The molecule has 1 heterocycles. The van der Waals surface area contributed by atoms with Crippen LogP contribution in [0, 0.1) is 17.6 Å². The van der Waals surface area contributed by atoms with Gasteiger partial charge in [0.2, 0.25) is 5.91 Å². The van der Waals surface area contributed by atoms with Crippen LogP contribution in [0.5, 0.6) is 0 Å². The van der Waals surface area contributed by atoms with Gasteiger partial charge in [0.05, 0.1) is 6.54 Å². The third-order valence-electron chi connectivity index (χ3n) is 5.26. The fourth-order valence-corrected chi connectivity index (χ4v) is 3.76. The Morgan fingerprint density at radius 2 is 1.77 bits per heavy atom. The summed E-state index contributed by atoms with van der Waals surface area (Å²) >= 11 is 0. The molecule has 3 rings (SSSR count). The van der Waals surface area contributed by atoms with E-state index in [0.717, 1.165) is 37.3 Å². The number of nitrogens with one attached hydrogen (secondary N) is 2. The van der Waals surface area contributed by atoms with Crippen LogP contribution in [0.15, 0.2) is 42.5 Å². The van der Waals surface area contributed by atoms with Crippen molar-refractivity contribution < 1.29 is 18.4 Å². The van der Waals surface area contributed by atoms with E-state index < -0.39 is 17.5 Å². The third kappa shape index (κ3) is 6.35. The summed E-state index contributed by atoms with van der Waals surface area (Å²) in [6.45, 7) is 5.35. The first-order valence-electron chi connectivity index (χ1n) is 10.2. The molecule has 0 saturated carbocycles. The maximum absolute atomic E-state index is 13.2. The van der Waals surface area contributed by atoms with Crippen molar-refractivity contribution in [2.24, 2.45) is 5.92 Å². The maximum atomic E-state index is 13.2. The molecule has 0 spiro atoms. The SMILES string of the molecule is CC1CCCN(Cc2ccccc2CNC(=O)CNC(=O)c2cc(F)cc(F)c2)C1. The standard InChI is InChI=1S/C23H27F2N3O2/c1-16-5-4-8-28(14-16)15-18-7-3-2-6-17(18)12-26-22(29)13-27-23(30)19-9-20(24)11-21(25)10-19/h2-3,6-7,9-11,16H,4-5,8,12-15H2,1H3,(H,26,29)(H,27,30). The summed E-state index contributed by atoms with van der Waals surface area (Å²) in [6, 6.07) is 10.5. The molecule has 1 fully saturated rings. The van der Waals surface area contributed by atoms with Crippen molar-refractivity contribution in [3.8, 4) is 0 Å². The van der Waals surface area contributed by atoms with Gasteiger partial charge in [0.1, 0.15) is 11.6 Å². The zero-order valence-electron chi connectivity index (χ0n) is 17.1. The van der Waals surface area contributed by atoms with Crippen LogP contribution < -0.4 is 10.6 Å². The van der Waals surface area contributed by atoms with Crippen molar-refractivity contribution in [1.29, 1.82) is 0 Å². The maximum Gasteiger partial charge on any atom is 0.251 e. The molecule has 7 heteroatoms. The van der Waals surface area contributed by atoms with Crippen LogP contribution in [0.3, 0.4) is 0 Å². The lowest BCUT2D eigenvalue weighted by Gasteiger charge is -2.31. The van der Waals surface area contributed by atoms with Crippen LogP contribution in [0.2, 0.25) is 0 Å². The molecule has 2 amide bonds.